The highest BCUT2D eigenvalue weighted by Crippen LogP contribution is 2.35. The Balaban J connectivity index is 1.87. The molecule has 2 aromatic heterocycles. The zero-order chi connectivity index (χ0) is 12.4. The van der Waals surface area contributed by atoms with E-state index in [4.69, 9.17) is 0 Å². The van der Waals surface area contributed by atoms with Crippen molar-refractivity contribution in [1.29, 1.82) is 0 Å². The number of aldehydes is 1. The van der Waals surface area contributed by atoms with Gasteiger partial charge in [0.25, 0.3) is 0 Å². The average Bonchev–Trinajstić information content (AvgIpc) is 2.91. The van der Waals surface area contributed by atoms with Crippen LogP contribution in [0.2, 0.25) is 0 Å². The Kier molecular flexibility index (Phi) is 2.92. The first-order valence-corrected chi connectivity index (χ1v) is 6.25. The predicted octanol–water partition coefficient (Wildman–Crippen LogP) is 1.89. The molecule has 2 unspecified atom stereocenters. The molecule has 2 atom stereocenters. The van der Waals surface area contributed by atoms with Gasteiger partial charge in [-0.2, -0.15) is 0 Å². The Hall–Kier alpha value is -1.97. The molecule has 0 aliphatic heterocycles. The van der Waals surface area contributed by atoms with Gasteiger partial charge in [-0.05, 0) is 36.8 Å². The molecule has 0 aromatic carbocycles. The smallest absolute Gasteiger partial charge is 0.127 e. The summed E-state index contributed by atoms with van der Waals surface area (Å²) < 4.78 is 0. The lowest BCUT2D eigenvalue weighted by molar-refractivity contribution is -0.110. The Labute approximate surface area is 105 Å². The molecule has 0 saturated heterocycles. The summed E-state index contributed by atoms with van der Waals surface area (Å²) >= 11 is 0. The molecule has 0 bridgehead atoms. The van der Waals surface area contributed by atoms with E-state index in [9.17, 15) is 4.79 Å². The Morgan fingerprint density at radius 2 is 2.39 bits per heavy atom. The summed E-state index contributed by atoms with van der Waals surface area (Å²) in [6.07, 6.45) is 9.26. The first-order valence-electron chi connectivity index (χ1n) is 6.25. The van der Waals surface area contributed by atoms with Gasteiger partial charge in [-0.1, -0.05) is 6.07 Å². The van der Waals surface area contributed by atoms with Crippen molar-refractivity contribution < 1.29 is 4.79 Å². The lowest BCUT2D eigenvalue weighted by Gasteiger charge is -2.28. The van der Waals surface area contributed by atoms with E-state index in [2.05, 4.69) is 15.0 Å². The molecule has 1 aliphatic carbocycles. The minimum Gasteiger partial charge on any atom is -0.351 e. The van der Waals surface area contributed by atoms with Crippen molar-refractivity contribution in [3.63, 3.8) is 0 Å². The van der Waals surface area contributed by atoms with Crippen molar-refractivity contribution in [2.75, 3.05) is 0 Å². The summed E-state index contributed by atoms with van der Waals surface area (Å²) in [6, 6.07) is 3.93. The van der Waals surface area contributed by atoms with Crippen molar-refractivity contribution >= 4 is 6.29 Å². The minimum atomic E-state index is -0.0425. The van der Waals surface area contributed by atoms with E-state index < -0.39 is 0 Å². The van der Waals surface area contributed by atoms with Crippen molar-refractivity contribution in [1.82, 2.24) is 15.0 Å². The third kappa shape index (κ3) is 1.94. The van der Waals surface area contributed by atoms with Gasteiger partial charge >= 0.3 is 0 Å². The molecule has 2 aromatic rings. The first kappa shape index (κ1) is 11.1. The van der Waals surface area contributed by atoms with E-state index in [0.717, 1.165) is 42.5 Å². The maximum Gasteiger partial charge on any atom is 0.127 e. The molecule has 1 N–H and O–H groups in total. The number of aryl methyl sites for hydroxylation is 1. The number of aromatic nitrogens is 3. The fourth-order valence-electron chi connectivity index (χ4n) is 2.80. The van der Waals surface area contributed by atoms with Crippen LogP contribution in [0.15, 0.2) is 30.9 Å². The summed E-state index contributed by atoms with van der Waals surface area (Å²) in [5, 5.41) is 0. The van der Waals surface area contributed by atoms with Gasteiger partial charge in [-0.3, -0.25) is 4.98 Å². The van der Waals surface area contributed by atoms with Gasteiger partial charge in [0.05, 0.1) is 12.0 Å². The zero-order valence-electron chi connectivity index (χ0n) is 10.0. The second-order valence-corrected chi connectivity index (χ2v) is 4.76. The lowest BCUT2D eigenvalue weighted by atomic mass is 9.75. The molecular weight excluding hydrogens is 226 g/mol. The van der Waals surface area contributed by atoms with E-state index in [-0.39, 0.29) is 5.92 Å². The Bertz CT molecular complexity index is 536. The van der Waals surface area contributed by atoms with Crippen LogP contribution in [-0.2, 0) is 17.6 Å². The summed E-state index contributed by atoms with van der Waals surface area (Å²) in [4.78, 5) is 23.0. The lowest BCUT2D eigenvalue weighted by Crippen LogP contribution is -2.24. The third-order valence-corrected chi connectivity index (χ3v) is 3.72. The van der Waals surface area contributed by atoms with Crippen molar-refractivity contribution in [3.8, 4) is 0 Å². The van der Waals surface area contributed by atoms with Crippen molar-refractivity contribution in [3.05, 3.63) is 47.8 Å². The number of nitrogens with zero attached hydrogens (tertiary/aromatic N) is 2. The molecule has 4 heteroatoms. The highest BCUT2D eigenvalue weighted by molar-refractivity contribution is 5.64. The highest BCUT2D eigenvalue weighted by Gasteiger charge is 2.30. The minimum absolute atomic E-state index is 0.0425. The van der Waals surface area contributed by atoms with Crippen molar-refractivity contribution in [2.24, 2.45) is 5.92 Å². The molecule has 92 valence electrons. The number of rotatable bonds is 3. The number of nitrogens with one attached hydrogen (secondary N) is 1. The van der Waals surface area contributed by atoms with Crippen LogP contribution in [0.5, 0.6) is 0 Å². The van der Waals surface area contributed by atoms with Crippen LogP contribution in [0.25, 0.3) is 0 Å². The molecule has 2 heterocycles. The number of hydrogen-bond acceptors (Lipinski definition) is 3. The molecule has 0 amide bonds. The maximum atomic E-state index is 11.4. The molecule has 0 saturated carbocycles. The number of fused-ring (bicyclic) bond motifs is 1. The van der Waals surface area contributed by atoms with E-state index in [1.807, 2.05) is 18.3 Å². The molecule has 0 fully saturated rings. The van der Waals surface area contributed by atoms with Crippen LogP contribution in [0, 0.1) is 5.92 Å². The number of pyridine rings is 1. The molecule has 4 nitrogen and oxygen atoms in total. The molecule has 0 spiro atoms. The van der Waals surface area contributed by atoms with Crippen LogP contribution in [0.4, 0.5) is 0 Å². The van der Waals surface area contributed by atoms with E-state index in [0.29, 0.717) is 5.92 Å². The number of H-pyrrole nitrogens is 1. The van der Waals surface area contributed by atoms with Gasteiger partial charge in [-0.25, -0.2) is 4.98 Å². The summed E-state index contributed by atoms with van der Waals surface area (Å²) in [5.74, 6) is 0.293. The standard InChI is InChI=1S/C14H15N3O/c18-8-13-10(6-11-7-15-9-17-11)3-4-14-12(13)2-1-5-16-14/h1-2,5,7-10,13H,3-4,6H2,(H,15,17). The summed E-state index contributed by atoms with van der Waals surface area (Å²) in [5.41, 5.74) is 3.20. The Morgan fingerprint density at radius 1 is 1.44 bits per heavy atom. The molecule has 1 aliphatic rings. The SMILES string of the molecule is O=CC1c2cccnc2CCC1Cc1c[nH]cn1. The molecular formula is C14H15N3O. The fourth-order valence-corrected chi connectivity index (χ4v) is 2.80. The van der Waals surface area contributed by atoms with Gasteiger partial charge in [0.1, 0.15) is 6.29 Å². The number of imidazole rings is 1. The van der Waals surface area contributed by atoms with Crippen LogP contribution in [0.1, 0.15) is 29.3 Å². The van der Waals surface area contributed by atoms with Gasteiger partial charge in [0.15, 0.2) is 0 Å². The third-order valence-electron chi connectivity index (χ3n) is 3.72. The predicted molar refractivity (Wildman–Crippen MR) is 67.1 cm³/mol. The second kappa shape index (κ2) is 4.72. The number of carbonyl (C=O) groups excluding carboxylic acids is 1. The monoisotopic (exact) mass is 241 g/mol. The van der Waals surface area contributed by atoms with E-state index in [1.165, 1.54) is 0 Å². The Morgan fingerprint density at radius 3 is 3.17 bits per heavy atom. The average molecular weight is 241 g/mol. The molecule has 0 radical (unpaired) electrons. The quantitative estimate of drug-likeness (QED) is 0.835. The van der Waals surface area contributed by atoms with Gasteiger partial charge in [0, 0.05) is 24.0 Å². The van der Waals surface area contributed by atoms with Crippen molar-refractivity contribution in [2.45, 2.75) is 25.2 Å². The zero-order valence-corrected chi connectivity index (χ0v) is 10.0. The maximum absolute atomic E-state index is 11.4. The fraction of sp³-hybridized carbons (Fsp3) is 0.357. The largest absolute Gasteiger partial charge is 0.351 e. The van der Waals surface area contributed by atoms with E-state index >= 15 is 0 Å². The van der Waals surface area contributed by atoms with E-state index in [1.54, 1.807) is 12.5 Å². The number of hydrogen-bond donors (Lipinski definition) is 1. The van der Waals surface area contributed by atoms with Crippen LogP contribution < -0.4 is 0 Å². The normalized spacial score (nSPS) is 22.4. The van der Waals surface area contributed by atoms with Crippen LogP contribution in [-0.4, -0.2) is 21.2 Å². The summed E-state index contributed by atoms with van der Waals surface area (Å²) in [7, 11) is 0. The number of carbonyl (C=O) groups is 1. The van der Waals surface area contributed by atoms with Crippen LogP contribution in [0.3, 0.4) is 0 Å². The summed E-state index contributed by atoms with van der Waals surface area (Å²) in [6.45, 7) is 0. The number of aromatic amines is 1. The van der Waals surface area contributed by atoms with Crippen LogP contribution >= 0.6 is 0 Å². The highest BCUT2D eigenvalue weighted by atomic mass is 16.1. The molecule has 18 heavy (non-hydrogen) atoms. The second-order valence-electron chi connectivity index (χ2n) is 4.76. The topological polar surface area (TPSA) is 58.6 Å². The first-order chi connectivity index (χ1) is 8.88. The van der Waals surface area contributed by atoms with Gasteiger partial charge in [0.2, 0.25) is 0 Å². The van der Waals surface area contributed by atoms with Gasteiger partial charge < -0.3 is 9.78 Å². The van der Waals surface area contributed by atoms with Gasteiger partial charge in [-0.15, -0.1) is 0 Å². The molecule has 3 rings (SSSR count).